The zero-order valence-corrected chi connectivity index (χ0v) is 11.0. The molecule has 0 unspecified atom stereocenters. The molecule has 0 radical (unpaired) electrons. The van der Waals surface area contributed by atoms with Gasteiger partial charge in [-0.05, 0) is 36.8 Å². The second-order valence-corrected chi connectivity index (χ2v) is 4.91. The van der Waals surface area contributed by atoms with Gasteiger partial charge in [0, 0.05) is 17.5 Å². The molecule has 19 heavy (non-hydrogen) atoms. The van der Waals surface area contributed by atoms with Gasteiger partial charge in [-0.3, -0.25) is 0 Å². The molecule has 3 nitrogen and oxygen atoms in total. The third kappa shape index (κ3) is 2.05. The van der Waals surface area contributed by atoms with Gasteiger partial charge in [0.1, 0.15) is 0 Å². The van der Waals surface area contributed by atoms with Crippen molar-refractivity contribution in [3.05, 3.63) is 47.2 Å². The van der Waals surface area contributed by atoms with Gasteiger partial charge >= 0.3 is 5.97 Å². The Morgan fingerprint density at radius 1 is 1.21 bits per heavy atom. The molecule has 0 atom stereocenters. The number of methoxy groups -OCH3 is 1. The molecule has 3 rings (SSSR count). The second-order valence-electron chi connectivity index (χ2n) is 4.91. The van der Waals surface area contributed by atoms with Crippen molar-refractivity contribution >= 4 is 5.97 Å². The molecule has 1 aliphatic rings. The molecule has 0 bridgehead atoms. The second kappa shape index (κ2) is 4.92. The Morgan fingerprint density at radius 3 is 2.84 bits per heavy atom. The van der Waals surface area contributed by atoms with Crippen LogP contribution in [-0.2, 0) is 17.6 Å². The lowest BCUT2D eigenvalue weighted by Gasteiger charge is -2.15. The van der Waals surface area contributed by atoms with Gasteiger partial charge in [0.25, 0.3) is 0 Å². The highest BCUT2D eigenvalue weighted by Crippen LogP contribution is 2.32. The molecule has 1 aromatic heterocycles. The summed E-state index contributed by atoms with van der Waals surface area (Å²) in [5, 5.41) is 0. The number of hydrogen-bond acceptors (Lipinski definition) is 2. The summed E-state index contributed by atoms with van der Waals surface area (Å²) >= 11 is 0. The molecule has 1 aliphatic carbocycles. The minimum Gasteiger partial charge on any atom is -0.465 e. The van der Waals surface area contributed by atoms with Gasteiger partial charge in [0.2, 0.25) is 0 Å². The van der Waals surface area contributed by atoms with E-state index in [1.165, 1.54) is 18.2 Å². The van der Waals surface area contributed by atoms with Crippen molar-refractivity contribution in [1.82, 2.24) is 4.98 Å². The molecule has 0 amide bonds. The van der Waals surface area contributed by atoms with Gasteiger partial charge < -0.3 is 9.72 Å². The SMILES string of the molecule is COC(=O)c1c[nH]c2c1CCCCc1ccccc1-2. The maximum Gasteiger partial charge on any atom is 0.339 e. The van der Waals surface area contributed by atoms with Crippen molar-refractivity contribution in [1.29, 1.82) is 0 Å². The predicted molar refractivity (Wildman–Crippen MR) is 74.2 cm³/mol. The van der Waals surface area contributed by atoms with E-state index >= 15 is 0 Å². The van der Waals surface area contributed by atoms with Crippen LogP contribution >= 0.6 is 0 Å². The molecule has 3 heteroatoms. The lowest BCUT2D eigenvalue weighted by Crippen LogP contribution is -2.05. The number of carbonyl (C=O) groups is 1. The average molecular weight is 255 g/mol. The van der Waals surface area contributed by atoms with Crippen molar-refractivity contribution in [2.45, 2.75) is 25.7 Å². The molecule has 1 N–H and O–H groups in total. The van der Waals surface area contributed by atoms with E-state index < -0.39 is 0 Å². The molecular weight excluding hydrogens is 238 g/mol. The fourth-order valence-corrected chi connectivity index (χ4v) is 2.84. The van der Waals surface area contributed by atoms with E-state index in [1.807, 2.05) is 6.07 Å². The van der Waals surface area contributed by atoms with Crippen LogP contribution in [0.15, 0.2) is 30.5 Å². The number of benzene rings is 1. The van der Waals surface area contributed by atoms with Gasteiger partial charge in [-0.15, -0.1) is 0 Å². The molecular formula is C16H17NO2. The van der Waals surface area contributed by atoms with E-state index in [9.17, 15) is 4.79 Å². The Kier molecular flexibility index (Phi) is 3.11. The third-order valence-electron chi connectivity index (χ3n) is 3.80. The molecule has 1 heterocycles. The van der Waals surface area contributed by atoms with Gasteiger partial charge in [-0.1, -0.05) is 24.3 Å². The van der Waals surface area contributed by atoms with Crippen LogP contribution in [0.2, 0.25) is 0 Å². The minimum atomic E-state index is -0.254. The van der Waals surface area contributed by atoms with E-state index in [0.717, 1.165) is 36.9 Å². The maximum absolute atomic E-state index is 11.8. The molecule has 98 valence electrons. The number of ether oxygens (including phenoxy) is 1. The van der Waals surface area contributed by atoms with Gasteiger partial charge in [-0.25, -0.2) is 4.79 Å². The molecule has 0 fully saturated rings. The van der Waals surface area contributed by atoms with E-state index in [4.69, 9.17) is 4.74 Å². The maximum atomic E-state index is 11.8. The first kappa shape index (κ1) is 12.0. The van der Waals surface area contributed by atoms with Crippen LogP contribution in [0.4, 0.5) is 0 Å². The number of rotatable bonds is 1. The molecule has 0 spiro atoms. The number of aromatic nitrogens is 1. The molecule has 0 saturated heterocycles. The number of esters is 1. The van der Waals surface area contributed by atoms with Crippen molar-refractivity contribution in [2.75, 3.05) is 7.11 Å². The summed E-state index contributed by atoms with van der Waals surface area (Å²) in [7, 11) is 1.43. The van der Waals surface area contributed by atoms with Gasteiger partial charge in [-0.2, -0.15) is 0 Å². The molecule has 0 saturated carbocycles. The Bertz CT molecular complexity index is 613. The largest absolute Gasteiger partial charge is 0.465 e. The molecule has 0 aliphatic heterocycles. The standard InChI is InChI=1S/C16H17NO2/c1-19-16(18)14-10-17-15-12-8-4-2-6-11(12)7-3-5-9-13(14)15/h2,4,6,8,10,17H,3,5,7,9H2,1H3. The average Bonchev–Trinajstić information content (AvgIpc) is 2.83. The van der Waals surface area contributed by atoms with Crippen LogP contribution in [0.1, 0.15) is 34.3 Å². The summed E-state index contributed by atoms with van der Waals surface area (Å²) in [6.07, 6.45) is 6.06. The van der Waals surface area contributed by atoms with Gasteiger partial charge in [0.15, 0.2) is 0 Å². The van der Waals surface area contributed by atoms with Crippen LogP contribution in [0.25, 0.3) is 11.3 Å². The van der Waals surface area contributed by atoms with Crippen molar-refractivity contribution in [2.24, 2.45) is 0 Å². The van der Waals surface area contributed by atoms with Crippen LogP contribution in [0.5, 0.6) is 0 Å². The third-order valence-corrected chi connectivity index (χ3v) is 3.80. The number of aromatic amines is 1. The monoisotopic (exact) mass is 255 g/mol. The van der Waals surface area contributed by atoms with E-state index in [-0.39, 0.29) is 5.97 Å². The lowest BCUT2D eigenvalue weighted by molar-refractivity contribution is 0.0600. The highest BCUT2D eigenvalue weighted by Gasteiger charge is 2.21. The van der Waals surface area contributed by atoms with Gasteiger partial charge in [0.05, 0.1) is 12.7 Å². The predicted octanol–water partition coefficient (Wildman–Crippen LogP) is 3.35. The summed E-state index contributed by atoms with van der Waals surface area (Å²) in [4.78, 5) is 15.1. The fourth-order valence-electron chi connectivity index (χ4n) is 2.84. The number of hydrogen-bond donors (Lipinski definition) is 1. The Morgan fingerprint density at radius 2 is 2.00 bits per heavy atom. The van der Waals surface area contributed by atoms with Crippen molar-refractivity contribution in [3.8, 4) is 11.3 Å². The molecule has 2 aromatic rings. The zero-order valence-electron chi connectivity index (χ0n) is 11.0. The summed E-state index contributed by atoms with van der Waals surface area (Å²) in [5.41, 5.74) is 5.41. The number of fused-ring (bicyclic) bond motifs is 3. The lowest BCUT2D eigenvalue weighted by atomic mass is 9.91. The Hall–Kier alpha value is -2.03. The molecule has 1 aromatic carbocycles. The summed E-state index contributed by atoms with van der Waals surface area (Å²) in [6.45, 7) is 0. The zero-order chi connectivity index (χ0) is 13.2. The normalized spacial score (nSPS) is 13.9. The first-order valence-electron chi connectivity index (χ1n) is 6.68. The van der Waals surface area contributed by atoms with Crippen LogP contribution in [0, 0.1) is 0 Å². The fraction of sp³-hybridized carbons (Fsp3) is 0.312. The van der Waals surface area contributed by atoms with Crippen LogP contribution < -0.4 is 0 Å². The highest BCUT2D eigenvalue weighted by molar-refractivity contribution is 5.93. The number of aryl methyl sites for hydroxylation is 1. The quantitative estimate of drug-likeness (QED) is 0.794. The Labute approximate surface area is 112 Å². The summed E-state index contributed by atoms with van der Waals surface area (Å²) < 4.78 is 4.86. The van der Waals surface area contributed by atoms with E-state index in [2.05, 4.69) is 23.2 Å². The van der Waals surface area contributed by atoms with E-state index in [0.29, 0.717) is 5.56 Å². The Balaban J connectivity index is 2.17. The summed E-state index contributed by atoms with van der Waals surface area (Å²) in [5.74, 6) is -0.254. The first-order chi connectivity index (χ1) is 9.31. The minimum absolute atomic E-state index is 0.254. The number of H-pyrrole nitrogens is 1. The first-order valence-corrected chi connectivity index (χ1v) is 6.68. The van der Waals surface area contributed by atoms with Crippen LogP contribution in [-0.4, -0.2) is 18.1 Å². The van der Waals surface area contributed by atoms with Crippen LogP contribution in [0.3, 0.4) is 0 Å². The number of carbonyl (C=O) groups excluding carboxylic acids is 1. The van der Waals surface area contributed by atoms with Crippen molar-refractivity contribution < 1.29 is 9.53 Å². The van der Waals surface area contributed by atoms with E-state index in [1.54, 1.807) is 6.20 Å². The summed E-state index contributed by atoms with van der Waals surface area (Å²) in [6, 6.07) is 8.41. The topological polar surface area (TPSA) is 42.1 Å². The highest BCUT2D eigenvalue weighted by atomic mass is 16.5. The smallest absolute Gasteiger partial charge is 0.339 e. The van der Waals surface area contributed by atoms with Crippen molar-refractivity contribution in [3.63, 3.8) is 0 Å². The number of nitrogens with one attached hydrogen (secondary N) is 1.